The third-order valence-electron chi connectivity index (χ3n) is 7.51. The third-order valence-corrected chi connectivity index (χ3v) is 7.51. The van der Waals surface area contributed by atoms with Gasteiger partial charge in [0.1, 0.15) is 12.4 Å². The molecule has 4 heteroatoms. The lowest BCUT2D eigenvalue weighted by molar-refractivity contribution is 0.0475. The summed E-state index contributed by atoms with van der Waals surface area (Å²) in [6, 6.07) is 36.2. The van der Waals surface area contributed by atoms with E-state index in [4.69, 9.17) is 9.47 Å². The highest BCUT2D eigenvalue weighted by molar-refractivity contribution is 6.03. The number of H-pyrrole nitrogens is 1. The summed E-state index contributed by atoms with van der Waals surface area (Å²) in [5.74, 6) is 0.553. The van der Waals surface area contributed by atoms with Crippen molar-refractivity contribution in [1.82, 2.24) is 4.98 Å². The predicted octanol–water partition coefficient (Wildman–Crippen LogP) is 10.1. The van der Waals surface area contributed by atoms with Crippen molar-refractivity contribution in [3.05, 3.63) is 127 Å². The van der Waals surface area contributed by atoms with E-state index < -0.39 is 0 Å². The number of carbonyl (C=O) groups excluding carboxylic acids is 1. The molecule has 4 aromatic carbocycles. The van der Waals surface area contributed by atoms with Crippen molar-refractivity contribution in [2.75, 3.05) is 6.61 Å². The van der Waals surface area contributed by atoms with E-state index >= 15 is 0 Å². The number of hydrogen-bond donors (Lipinski definition) is 1. The van der Waals surface area contributed by atoms with Crippen molar-refractivity contribution >= 4 is 5.97 Å². The van der Waals surface area contributed by atoms with Gasteiger partial charge < -0.3 is 14.5 Å². The van der Waals surface area contributed by atoms with Gasteiger partial charge in [-0.25, -0.2) is 4.79 Å². The van der Waals surface area contributed by atoms with Crippen LogP contribution < -0.4 is 4.74 Å². The Morgan fingerprint density at radius 2 is 1.24 bits per heavy atom. The van der Waals surface area contributed by atoms with Gasteiger partial charge in [-0.1, -0.05) is 136 Å². The van der Waals surface area contributed by atoms with Gasteiger partial charge in [0.15, 0.2) is 0 Å². The Hall–Kier alpha value is -4.57. The fraction of sp³-hybridized carbons (Fsp3) is 0.237. The monoisotopic (exact) mass is 557 g/mol. The Morgan fingerprint density at radius 3 is 1.93 bits per heavy atom. The normalized spacial score (nSPS) is 10.9. The second-order valence-electron chi connectivity index (χ2n) is 10.6. The Balaban J connectivity index is 1.29. The van der Waals surface area contributed by atoms with Crippen LogP contribution in [-0.4, -0.2) is 17.6 Å². The van der Waals surface area contributed by atoms with Gasteiger partial charge in [0.25, 0.3) is 0 Å². The molecule has 5 rings (SSSR count). The summed E-state index contributed by atoms with van der Waals surface area (Å²) in [7, 11) is 0. The second-order valence-corrected chi connectivity index (χ2v) is 10.6. The number of esters is 1. The number of carbonyl (C=O) groups is 1. The molecule has 0 saturated heterocycles. The molecule has 0 aliphatic rings. The standard InChI is InChI=1S/C38H39NO3/c1-2-3-4-5-6-13-26-41-34-24-22-31(23-25-34)30-18-20-33(21-19-30)37-36(35(27-39-37)32-16-11-8-12-17-32)38(40)42-28-29-14-9-7-10-15-29/h7-12,14-25,27,39H,2-6,13,26,28H2,1H3. The Bertz CT molecular complexity index is 1520. The average Bonchev–Trinajstić information content (AvgIpc) is 3.50. The van der Waals surface area contributed by atoms with Gasteiger partial charge in [0.2, 0.25) is 0 Å². The molecule has 0 saturated carbocycles. The van der Waals surface area contributed by atoms with Crippen LogP contribution in [0.5, 0.6) is 5.75 Å². The highest BCUT2D eigenvalue weighted by atomic mass is 16.5. The molecule has 5 aromatic rings. The molecule has 0 fully saturated rings. The summed E-state index contributed by atoms with van der Waals surface area (Å²) in [6.07, 6.45) is 9.43. The number of aromatic amines is 1. The first-order chi connectivity index (χ1) is 20.7. The van der Waals surface area contributed by atoms with Crippen molar-refractivity contribution < 1.29 is 14.3 Å². The molecule has 4 nitrogen and oxygen atoms in total. The highest BCUT2D eigenvalue weighted by Gasteiger charge is 2.22. The van der Waals surface area contributed by atoms with Crippen LogP contribution in [-0.2, 0) is 11.3 Å². The maximum atomic E-state index is 13.5. The molecule has 1 aromatic heterocycles. The van der Waals surface area contributed by atoms with E-state index in [2.05, 4.69) is 36.2 Å². The molecule has 0 aliphatic carbocycles. The zero-order chi connectivity index (χ0) is 29.0. The first-order valence-corrected chi connectivity index (χ1v) is 15.0. The van der Waals surface area contributed by atoms with Gasteiger partial charge in [-0.3, -0.25) is 0 Å². The second kappa shape index (κ2) is 14.9. The van der Waals surface area contributed by atoms with Gasteiger partial charge >= 0.3 is 5.97 Å². The van der Waals surface area contributed by atoms with Gasteiger partial charge in [-0.05, 0) is 46.4 Å². The lowest BCUT2D eigenvalue weighted by atomic mass is 9.98. The minimum Gasteiger partial charge on any atom is -0.494 e. The molecule has 0 atom stereocenters. The van der Waals surface area contributed by atoms with Crippen molar-refractivity contribution in [1.29, 1.82) is 0 Å². The summed E-state index contributed by atoms with van der Waals surface area (Å²) in [5.41, 5.74) is 7.16. The number of rotatable bonds is 14. The van der Waals surface area contributed by atoms with Crippen LogP contribution in [0.1, 0.15) is 61.4 Å². The largest absolute Gasteiger partial charge is 0.494 e. The minimum atomic E-state index is -0.352. The third kappa shape index (κ3) is 7.58. The molecule has 0 spiro atoms. The number of hydrogen-bond acceptors (Lipinski definition) is 3. The van der Waals surface area contributed by atoms with E-state index in [1.54, 1.807) is 0 Å². The van der Waals surface area contributed by atoms with Crippen molar-refractivity contribution in [2.24, 2.45) is 0 Å². The van der Waals surface area contributed by atoms with Crippen LogP contribution in [0.2, 0.25) is 0 Å². The Morgan fingerprint density at radius 1 is 0.643 bits per heavy atom. The summed E-state index contributed by atoms with van der Waals surface area (Å²) < 4.78 is 11.7. The van der Waals surface area contributed by atoms with Crippen LogP contribution in [0, 0.1) is 0 Å². The topological polar surface area (TPSA) is 51.3 Å². The SMILES string of the molecule is CCCCCCCCOc1ccc(-c2ccc(-c3[nH]cc(-c4ccccc4)c3C(=O)OCc3ccccc3)cc2)cc1. The number of nitrogens with one attached hydrogen (secondary N) is 1. The van der Waals surface area contributed by atoms with Crippen LogP contribution in [0.15, 0.2) is 115 Å². The summed E-state index contributed by atoms with van der Waals surface area (Å²) >= 11 is 0. The highest BCUT2D eigenvalue weighted by Crippen LogP contribution is 2.34. The van der Waals surface area contributed by atoms with E-state index in [1.807, 2.05) is 91.1 Å². The molecular formula is C38H39NO3. The maximum Gasteiger partial charge on any atom is 0.341 e. The first kappa shape index (κ1) is 28.9. The van der Waals surface area contributed by atoms with E-state index in [1.165, 1.54) is 32.1 Å². The maximum absolute atomic E-state index is 13.5. The molecule has 0 bridgehead atoms. The summed E-state index contributed by atoms with van der Waals surface area (Å²) in [6.45, 7) is 3.22. The van der Waals surface area contributed by atoms with Crippen LogP contribution >= 0.6 is 0 Å². The van der Waals surface area contributed by atoms with Gasteiger partial charge in [-0.15, -0.1) is 0 Å². The number of benzene rings is 4. The fourth-order valence-electron chi connectivity index (χ4n) is 5.15. The van der Waals surface area contributed by atoms with Crippen molar-refractivity contribution in [2.45, 2.75) is 52.1 Å². The summed E-state index contributed by atoms with van der Waals surface area (Å²) in [4.78, 5) is 16.8. The molecule has 0 aliphatic heterocycles. The molecular weight excluding hydrogens is 518 g/mol. The molecule has 1 heterocycles. The van der Waals surface area contributed by atoms with Crippen molar-refractivity contribution in [3.63, 3.8) is 0 Å². The average molecular weight is 558 g/mol. The number of ether oxygens (including phenoxy) is 2. The quantitative estimate of drug-likeness (QED) is 0.109. The molecule has 0 unspecified atom stereocenters. The van der Waals surface area contributed by atoms with E-state index in [0.717, 1.165) is 57.9 Å². The number of aromatic nitrogens is 1. The molecule has 214 valence electrons. The Kier molecular flexibility index (Phi) is 10.3. The van der Waals surface area contributed by atoms with E-state index in [-0.39, 0.29) is 12.6 Å². The van der Waals surface area contributed by atoms with Crippen molar-refractivity contribution in [3.8, 4) is 39.3 Å². The van der Waals surface area contributed by atoms with Gasteiger partial charge in [0.05, 0.1) is 17.9 Å². The molecule has 0 radical (unpaired) electrons. The zero-order valence-electron chi connectivity index (χ0n) is 24.4. The molecule has 1 N–H and O–H groups in total. The minimum absolute atomic E-state index is 0.218. The van der Waals surface area contributed by atoms with E-state index in [0.29, 0.717) is 5.56 Å². The number of unbranched alkanes of at least 4 members (excludes halogenated alkanes) is 5. The van der Waals surface area contributed by atoms with Crippen LogP contribution in [0.4, 0.5) is 0 Å². The zero-order valence-corrected chi connectivity index (χ0v) is 24.4. The van der Waals surface area contributed by atoms with Crippen LogP contribution in [0.25, 0.3) is 33.5 Å². The Labute approximate surface area is 249 Å². The van der Waals surface area contributed by atoms with Gasteiger partial charge in [-0.2, -0.15) is 0 Å². The first-order valence-electron chi connectivity index (χ1n) is 15.0. The van der Waals surface area contributed by atoms with Gasteiger partial charge in [0, 0.05) is 11.8 Å². The predicted molar refractivity (Wildman–Crippen MR) is 172 cm³/mol. The molecule has 42 heavy (non-hydrogen) atoms. The summed E-state index contributed by atoms with van der Waals surface area (Å²) in [5, 5.41) is 0. The molecule has 0 amide bonds. The van der Waals surface area contributed by atoms with E-state index in [9.17, 15) is 4.79 Å². The lowest BCUT2D eigenvalue weighted by Crippen LogP contribution is -2.07. The fourth-order valence-corrected chi connectivity index (χ4v) is 5.15. The smallest absolute Gasteiger partial charge is 0.341 e. The lowest BCUT2D eigenvalue weighted by Gasteiger charge is -2.10. The van der Waals surface area contributed by atoms with Crippen LogP contribution in [0.3, 0.4) is 0 Å².